The molecule has 5 nitrogen and oxygen atoms in total. The predicted molar refractivity (Wildman–Crippen MR) is 65.2 cm³/mol. The SMILES string of the molecule is CCCC(C)COC(=O)C(N)c1cnn(C)c1. The number of esters is 1. The van der Waals surface area contributed by atoms with Crippen molar-refractivity contribution in [3.05, 3.63) is 18.0 Å². The van der Waals surface area contributed by atoms with E-state index in [2.05, 4.69) is 18.9 Å². The highest BCUT2D eigenvalue weighted by atomic mass is 16.5. The molecule has 2 atom stereocenters. The summed E-state index contributed by atoms with van der Waals surface area (Å²) in [5, 5.41) is 3.97. The van der Waals surface area contributed by atoms with E-state index >= 15 is 0 Å². The maximum absolute atomic E-state index is 11.7. The number of hydrogen-bond acceptors (Lipinski definition) is 4. The Kier molecular flexibility index (Phi) is 5.15. The Labute approximate surface area is 102 Å². The zero-order valence-corrected chi connectivity index (χ0v) is 10.7. The van der Waals surface area contributed by atoms with Gasteiger partial charge in [-0.25, -0.2) is 4.79 Å². The van der Waals surface area contributed by atoms with Crippen LogP contribution in [0.2, 0.25) is 0 Å². The van der Waals surface area contributed by atoms with E-state index in [0.29, 0.717) is 18.1 Å². The molecule has 2 unspecified atom stereocenters. The number of nitrogens with two attached hydrogens (primary N) is 1. The Hall–Kier alpha value is -1.36. The summed E-state index contributed by atoms with van der Waals surface area (Å²) >= 11 is 0. The van der Waals surface area contributed by atoms with Crippen LogP contribution >= 0.6 is 0 Å². The van der Waals surface area contributed by atoms with Crippen molar-refractivity contribution in [1.82, 2.24) is 9.78 Å². The lowest BCUT2D eigenvalue weighted by Gasteiger charge is -2.13. The standard InChI is InChI=1S/C12H21N3O2/c1-4-5-9(2)8-17-12(16)11(13)10-6-14-15(3)7-10/h6-7,9,11H,4-5,8,13H2,1-3H3. The first-order chi connectivity index (χ1) is 8.04. The maximum atomic E-state index is 11.7. The first kappa shape index (κ1) is 13.7. The number of rotatable bonds is 6. The van der Waals surface area contributed by atoms with E-state index in [9.17, 15) is 4.79 Å². The van der Waals surface area contributed by atoms with Crippen LogP contribution in [-0.4, -0.2) is 22.4 Å². The number of ether oxygens (including phenoxy) is 1. The molecule has 5 heteroatoms. The number of carbonyl (C=O) groups excluding carboxylic acids is 1. The normalized spacial score (nSPS) is 14.4. The zero-order valence-electron chi connectivity index (χ0n) is 10.7. The Morgan fingerprint density at radius 1 is 1.65 bits per heavy atom. The summed E-state index contributed by atoms with van der Waals surface area (Å²) in [5.74, 6) is -0.00833. The van der Waals surface area contributed by atoms with Gasteiger partial charge in [-0.1, -0.05) is 20.3 Å². The summed E-state index contributed by atoms with van der Waals surface area (Å²) < 4.78 is 6.79. The Balaban J connectivity index is 2.42. The van der Waals surface area contributed by atoms with Gasteiger partial charge in [-0.2, -0.15) is 5.10 Å². The van der Waals surface area contributed by atoms with Gasteiger partial charge in [-0.05, 0) is 12.3 Å². The fourth-order valence-corrected chi connectivity index (χ4v) is 1.63. The molecule has 0 fully saturated rings. The van der Waals surface area contributed by atoms with Crippen molar-refractivity contribution in [2.75, 3.05) is 6.61 Å². The average Bonchev–Trinajstić information content (AvgIpc) is 2.72. The lowest BCUT2D eigenvalue weighted by molar-refractivity contribution is -0.146. The molecule has 1 aromatic rings. The van der Waals surface area contributed by atoms with Crippen LogP contribution in [-0.2, 0) is 16.6 Å². The fourth-order valence-electron chi connectivity index (χ4n) is 1.63. The lowest BCUT2D eigenvalue weighted by Crippen LogP contribution is -2.25. The predicted octanol–water partition coefficient (Wildman–Crippen LogP) is 1.40. The van der Waals surface area contributed by atoms with Gasteiger partial charge in [0.25, 0.3) is 0 Å². The van der Waals surface area contributed by atoms with E-state index in [1.54, 1.807) is 24.1 Å². The summed E-state index contributed by atoms with van der Waals surface area (Å²) in [6.07, 6.45) is 5.45. The second-order valence-corrected chi connectivity index (χ2v) is 4.45. The van der Waals surface area contributed by atoms with Crippen LogP contribution in [0.25, 0.3) is 0 Å². The molecule has 0 aliphatic heterocycles. The highest BCUT2D eigenvalue weighted by Crippen LogP contribution is 2.12. The molecule has 0 aliphatic carbocycles. The molecule has 0 spiro atoms. The molecular weight excluding hydrogens is 218 g/mol. The minimum atomic E-state index is -0.738. The fraction of sp³-hybridized carbons (Fsp3) is 0.667. The highest BCUT2D eigenvalue weighted by molar-refractivity contribution is 5.77. The van der Waals surface area contributed by atoms with Gasteiger partial charge in [0.1, 0.15) is 6.04 Å². The summed E-state index contributed by atoms with van der Waals surface area (Å²) in [6, 6.07) is -0.738. The van der Waals surface area contributed by atoms with Crippen molar-refractivity contribution in [3.8, 4) is 0 Å². The van der Waals surface area contributed by atoms with E-state index in [0.717, 1.165) is 12.8 Å². The van der Waals surface area contributed by atoms with Gasteiger partial charge in [-0.15, -0.1) is 0 Å². The van der Waals surface area contributed by atoms with Crippen LogP contribution in [0.4, 0.5) is 0 Å². The Bertz CT molecular complexity index is 362. The number of aryl methyl sites for hydroxylation is 1. The quantitative estimate of drug-likeness (QED) is 0.762. The van der Waals surface area contributed by atoms with Crippen LogP contribution < -0.4 is 5.73 Å². The van der Waals surface area contributed by atoms with E-state index in [1.807, 2.05) is 0 Å². The first-order valence-electron chi connectivity index (χ1n) is 5.95. The van der Waals surface area contributed by atoms with Gasteiger partial charge in [0, 0.05) is 18.8 Å². The van der Waals surface area contributed by atoms with Gasteiger partial charge >= 0.3 is 5.97 Å². The molecular formula is C12H21N3O2. The van der Waals surface area contributed by atoms with E-state index in [1.165, 1.54) is 0 Å². The summed E-state index contributed by atoms with van der Waals surface area (Å²) in [4.78, 5) is 11.7. The average molecular weight is 239 g/mol. The third-order valence-electron chi connectivity index (χ3n) is 2.63. The van der Waals surface area contributed by atoms with Crippen molar-refractivity contribution in [2.24, 2.45) is 18.7 Å². The molecule has 17 heavy (non-hydrogen) atoms. The number of carbonyl (C=O) groups is 1. The molecule has 1 aromatic heterocycles. The highest BCUT2D eigenvalue weighted by Gasteiger charge is 2.19. The smallest absolute Gasteiger partial charge is 0.327 e. The van der Waals surface area contributed by atoms with Crippen molar-refractivity contribution >= 4 is 5.97 Å². The lowest BCUT2D eigenvalue weighted by atomic mass is 10.1. The van der Waals surface area contributed by atoms with Crippen molar-refractivity contribution < 1.29 is 9.53 Å². The van der Waals surface area contributed by atoms with Crippen LogP contribution in [0.1, 0.15) is 38.3 Å². The van der Waals surface area contributed by atoms with Crippen molar-refractivity contribution in [2.45, 2.75) is 32.7 Å². The van der Waals surface area contributed by atoms with Gasteiger partial charge < -0.3 is 10.5 Å². The van der Waals surface area contributed by atoms with E-state index < -0.39 is 6.04 Å². The van der Waals surface area contributed by atoms with Crippen LogP contribution in [0, 0.1) is 5.92 Å². The third kappa shape index (κ3) is 4.19. The topological polar surface area (TPSA) is 70.1 Å². The zero-order chi connectivity index (χ0) is 12.8. The number of nitrogens with zero attached hydrogens (tertiary/aromatic N) is 2. The molecule has 96 valence electrons. The molecule has 0 saturated carbocycles. The summed E-state index contributed by atoms with van der Waals surface area (Å²) in [5.41, 5.74) is 6.47. The molecule has 0 aromatic carbocycles. The van der Waals surface area contributed by atoms with Gasteiger partial charge in [0.15, 0.2) is 0 Å². The summed E-state index contributed by atoms with van der Waals surface area (Å²) in [7, 11) is 1.78. The Morgan fingerprint density at radius 2 is 2.35 bits per heavy atom. The van der Waals surface area contributed by atoms with E-state index in [4.69, 9.17) is 10.5 Å². The second-order valence-electron chi connectivity index (χ2n) is 4.45. The minimum Gasteiger partial charge on any atom is -0.464 e. The van der Waals surface area contributed by atoms with Crippen LogP contribution in [0.5, 0.6) is 0 Å². The minimum absolute atomic E-state index is 0.380. The van der Waals surface area contributed by atoms with Gasteiger partial charge in [-0.3, -0.25) is 4.68 Å². The van der Waals surface area contributed by atoms with Gasteiger partial charge in [0.2, 0.25) is 0 Å². The summed E-state index contributed by atoms with van der Waals surface area (Å²) in [6.45, 7) is 4.60. The molecule has 0 amide bonds. The number of aromatic nitrogens is 2. The maximum Gasteiger partial charge on any atom is 0.327 e. The van der Waals surface area contributed by atoms with Gasteiger partial charge in [0.05, 0.1) is 12.8 Å². The van der Waals surface area contributed by atoms with Crippen molar-refractivity contribution in [1.29, 1.82) is 0 Å². The van der Waals surface area contributed by atoms with E-state index in [-0.39, 0.29) is 5.97 Å². The molecule has 1 rings (SSSR count). The first-order valence-corrected chi connectivity index (χ1v) is 5.95. The molecule has 2 N–H and O–H groups in total. The van der Waals surface area contributed by atoms with Crippen molar-refractivity contribution in [3.63, 3.8) is 0 Å². The molecule has 0 radical (unpaired) electrons. The monoisotopic (exact) mass is 239 g/mol. The molecule has 1 heterocycles. The molecule has 0 saturated heterocycles. The largest absolute Gasteiger partial charge is 0.464 e. The third-order valence-corrected chi connectivity index (χ3v) is 2.63. The van der Waals surface area contributed by atoms with Crippen LogP contribution in [0.3, 0.4) is 0 Å². The second kappa shape index (κ2) is 6.39. The van der Waals surface area contributed by atoms with Crippen LogP contribution in [0.15, 0.2) is 12.4 Å². The number of hydrogen-bond donors (Lipinski definition) is 1. The molecule has 0 bridgehead atoms. The Morgan fingerprint density at radius 3 is 2.88 bits per heavy atom. The molecule has 0 aliphatic rings.